The Morgan fingerprint density at radius 3 is 2.48 bits per heavy atom. The fraction of sp³-hybridized carbons (Fsp3) is 0.316. The first kappa shape index (κ1) is 15.6. The van der Waals surface area contributed by atoms with Crippen LogP contribution in [-0.4, -0.2) is 35.7 Å². The van der Waals surface area contributed by atoms with Crippen LogP contribution in [0.25, 0.3) is 11.0 Å². The summed E-state index contributed by atoms with van der Waals surface area (Å²) in [6, 6.07) is 7.86. The molecule has 3 aromatic rings. The predicted molar refractivity (Wildman–Crippen MR) is 96.4 cm³/mol. The number of aromatic nitrogens is 3. The molecule has 25 heavy (non-hydrogen) atoms. The average molecular weight is 336 g/mol. The zero-order valence-corrected chi connectivity index (χ0v) is 14.6. The maximum Gasteiger partial charge on any atom is 0.163 e. The molecule has 0 radical (unpaired) electrons. The lowest BCUT2D eigenvalue weighted by atomic mass is 10.1. The van der Waals surface area contributed by atoms with E-state index in [4.69, 9.17) is 19.4 Å². The van der Waals surface area contributed by atoms with Crippen LogP contribution in [-0.2, 0) is 13.0 Å². The van der Waals surface area contributed by atoms with E-state index in [1.165, 1.54) is 11.3 Å². The highest BCUT2D eigenvalue weighted by Gasteiger charge is 2.21. The maximum atomic E-state index is 5.39. The van der Waals surface area contributed by atoms with Crippen LogP contribution in [0.1, 0.15) is 17.0 Å². The van der Waals surface area contributed by atoms with Crippen LogP contribution in [0.2, 0.25) is 0 Å². The minimum atomic E-state index is 0.660. The van der Waals surface area contributed by atoms with Gasteiger partial charge in [0.15, 0.2) is 17.3 Å². The first-order valence-electron chi connectivity index (χ1n) is 8.27. The molecule has 0 N–H and O–H groups in total. The first-order chi connectivity index (χ1) is 12.2. The molecule has 0 bridgehead atoms. The number of methoxy groups -OCH3 is 2. The summed E-state index contributed by atoms with van der Waals surface area (Å²) in [7, 11) is 3.25. The minimum absolute atomic E-state index is 0.660. The number of hydrogen-bond acceptors (Lipinski definition) is 6. The number of rotatable bonds is 3. The number of ether oxygens (including phenoxy) is 2. The van der Waals surface area contributed by atoms with Gasteiger partial charge in [-0.2, -0.15) is 0 Å². The summed E-state index contributed by atoms with van der Waals surface area (Å²) in [5.74, 6) is 2.23. The molecule has 0 atom stereocenters. The summed E-state index contributed by atoms with van der Waals surface area (Å²) in [4.78, 5) is 16.3. The molecule has 1 aromatic carbocycles. The molecule has 6 heteroatoms. The Bertz CT molecular complexity index is 942. The molecule has 0 unspecified atom stereocenters. The van der Waals surface area contributed by atoms with E-state index in [-0.39, 0.29) is 0 Å². The number of hydrogen-bond donors (Lipinski definition) is 0. The van der Waals surface area contributed by atoms with Gasteiger partial charge in [0.2, 0.25) is 0 Å². The van der Waals surface area contributed by atoms with E-state index >= 15 is 0 Å². The Labute approximate surface area is 146 Å². The topological polar surface area (TPSA) is 60.4 Å². The van der Waals surface area contributed by atoms with Crippen molar-refractivity contribution < 1.29 is 9.47 Å². The summed E-state index contributed by atoms with van der Waals surface area (Å²) >= 11 is 0. The second kappa shape index (κ2) is 6.20. The largest absolute Gasteiger partial charge is 0.493 e. The van der Waals surface area contributed by atoms with Gasteiger partial charge in [-0.25, -0.2) is 9.97 Å². The number of aryl methyl sites for hydroxylation is 1. The van der Waals surface area contributed by atoms with Crippen molar-refractivity contribution in [3.8, 4) is 11.5 Å². The molecule has 3 heterocycles. The first-order valence-corrected chi connectivity index (χ1v) is 8.27. The van der Waals surface area contributed by atoms with Gasteiger partial charge in [0, 0.05) is 43.5 Å². The van der Waals surface area contributed by atoms with Gasteiger partial charge < -0.3 is 14.4 Å². The molecule has 128 valence electrons. The highest BCUT2D eigenvalue weighted by molar-refractivity contribution is 5.81. The molecule has 4 rings (SSSR count). The molecule has 1 aliphatic rings. The lowest BCUT2D eigenvalue weighted by Gasteiger charge is -2.30. The van der Waals surface area contributed by atoms with Gasteiger partial charge in [0.05, 0.1) is 30.9 Å². The quantitative estimate of drug-likeness (QED) is 0.733. The minimum Gasteiger partial charge on any atom is -0.493 e. The summed E-state index contributed by atoms with van der Waals surface area (Å²) < 4.78 is 10.8. The molecule has 0 spiro atoms. The Kier molecular flexibility index (Phi) is 3.87. The van der Waals surface area contributed by atoms with E-state index in [9.17, 15) is 0 Å². The van der Waals surface area contributed by atoms with E-state index in [1.54, 1.807) is 14.2 Å². The van der Waals surface area contributed by atoms with Crippen LogP contribution >= 0.6 is 0 Å². The maximum absolute atomic E-state index is 5.39. The second-order valence-corrected chi connectivity index (χ2v) is 6.11. The molecule has 6 nitrogen and oxygen atoms in total. The lowest BCUT2D eigenvalue weighted by molar-refractivity contribution is 0.355. The number of nitrogens with zero attached hydrogens (tertiary/aromatic N) is 4. The molecular formula is C19H20N4O2. The Morgan fingerprint density at radius 1 is 1.04 bits per heavy atom. The average Bonchev–Trinajstić information content (AvgIpc) is 2.66. The van der Waals surface area contributed by atoms with Crippen molar-refractivity contribution in [2.24, 2.45) is 0 Å². The molecule has 0 saturated heterocycles. The number of benzene rings is 1. The molecule has 0 aliphatic carbocycles. The summed E-state index contributed by atoms with van der Waals surface area (Å²) in [5, 5.41) is 0. The summed E-state index contributed by atoms with van der Waals surface area (Å²) in [6.07, 6.45) is 2.77. The Morgan fingerprint density at radius 2 is 1.76 bits per heavy atom. The zero-order chi connectivity index (χ0) is 17.4. The van der Waals surface area contributed by atoms with Gasteiger partial charge in [-0.15, -0.1) is 0 Å². The Balaban J connectivity index is 1.76. The van der Waals surface area contributed by atoms with Gasteiger partial charge in [-0.05, 0) is 18.6 Å². The highest BCUT2D eigenvalue weighted by Crippen LogP contribution is 2.33. The molecule has 0 amide bonds. The number of pyridine rings is 1. The summed E-state index contributed by atoms with van der Waals surface area (Å²) in [5.41, 5.74) is 4.94. The predicted octanol–water partition coefficient (Wildman–Crippen LogP) is 2.91. The van der Waals surface area contributed by atoms with E-state index < -0.39 is 0 Å². The highest BCUT2D eigenvalue weighted by atomic mass is 16.5. The van der Waals surface area contributed by atoms with E-state index in [1.807, 2.05) is 31.3 Å². The molecule has 0 fully saturated rings. The van der Waals surface area contributed by atoms with Crippen molar-refractivity contribution >= 4 is 16.9 Å². The smallest absolute Gasteiger partial charge is 0.163 e. The van der Waals surface area contributed by atoms with Crippen LogP contribution in [0, 0.1) is 6.92 Å². The number of fused-ring (bicyclic) bond motifs is 2. The van der Waals surface area contributed by atoms with Gasteiger partial charge in [-0.3, -0.25) is 4.98 Å². The van der Waals surface area contributed by atoms with Gasteiger partial charge >= 0.3 is 0 Å². The molecule has 1 aliphatic heterocycles. The van der Waals surface area contributed by atoms with Crippen LogP contribution in [0.3, 0.4) is 0 Å². The van der Waals surface area contributed by atoms with E-state index in [2.05, 4.69) is 16.0 Å². The van der Waals surface area contributed by atoms with Crippen LogP contribution in [0.4, 0.5) is 5.82 Å². The lowest BCUT2D eigenvalue weighted by Crippen LogP contribution is -2.32. The van der Waals surface area contributed by atoms with Gasteiger partial charge in [-0.1, -0.05) is 6.07 Å². The fourth-order valence-corrected chi connectivity index (χ4v) is 3.31. The third-order valence-electron chi connectivity index (χ3n) is 4.58. The Hall–Kier alpha value is -2.89. The number of anilines is 1. The van der Waals surface area contributed by atoms with Crippen LogP contribution in [0.15, 0.2) is 30.5 Å². The third kappa shape index (κ3) is 2.73. The van der Waals surface area contributed by atoms with E-state index in [0.717, 1.165) is 42.1 Å². The van der Waals surface area contributed by atoms with Crippen LogP contribution < -0.4 is 14.4 Å². The molecular weight excluding hydrogens is 316 g/mol. The van der Waals surface area contributed by atoms with E-state index in [0.29, 0.717) is 11.5 Å². The normalized spacial score (nSPS) is 13.6. The van der Waals surface area contributed by atoms with Gasteiger partial charge in [0.1, 0.15) is 0 Å². The van der Waals surface area contributed by atoms with Crippen molar-refractivity contribution in [3.05, 3.63) is 47.4 Å². The van der Waals surface area contributed by atoms with Gasteiger partial charge in [0.25, 0.3) is 0 Å². The van der Waals surface area contributed by atoms with Crippen molar-refractivity contribution in [1.82, 2.24) is 15.0 Å². The van der Waals surface area contributed by atoms with Crippen LogP contribution in [0.5, 0.6) is 11.5 Å². The van der Waals surface area contributed by atoms with Crippen molar-refractivity contribution in [2.45, 2.75) is 19.9 Å². The fourth-order valence-electron chi connectivity index (χ4n) is 3.31. The second-order valence-electron chi connectivity index (χ2n) is 6.11. The zero-order valence-electron chi connectivity index (χ0n) is 14.6. The third-order valence-corrected chi connectivity index (χ3v) is 4.58. The monoisotopic (exact) mass is 336 g/mol. The molecule has 0 saturated carbocycles. The van der Waals surface area contributed by atoms with Crippen molar-refractivity contribution in [1.29, 1.82) is 0 Å². The van der Waals surface area contributed by atoms with Crippen molar-refractivity contribution in [3.63, 3.8) is 0 Å². The SMILES string of the molecule is COc1cc2nc(C)c(N3CCc4ncccc4C3)nc2cc1OC. The van der Waals surface area contributed by atoms with Crippen molar-refractivity contribution in [2.75, 3.05) is 25.7 Å². The standard InChI is InChI=1S/C19H20N4O2/c1-12-19(23-8-6-14-13(11-23)5-4-7-20-14)22-16-10-18(25-3)17(24-2)9-15(16)21-12/h4-5,7,9-10H,6,8,11H2,1-3H3. The molecule has 2 aromatic heterocycles. The summed E-state index contributed by atoms with van der Waals surface area (Å²) in [6.45, 7) is 3.69.